The van der Waals surface area contributed by atoms with Crippen molar-refractivity contribution in [3.8, 4) is 0 Å². The number of carbonyl (C=O) groups is 2. The van der Waals surface area contributed by atoms with Crippen LogP contribution in [0.25, 0.3) is 0 Å². The number of carbonyl (C=O) groups excluding carboxylic acids is 2. The van der Waals surface area contributed by atoms with Crippen LogP contribution in [0.4, 0.5) is 5.13 Å². The maximum atomic E-state index is 11.5. The number of thiazole rings is 1. The van der Waals surface area contributed by atoms with Gasteiger partial charge in [0.05, 0.1) is 6.42 Å². The van der Waals surface area contributed by atoms with Crippen LogP contribution in [-0.2, 0) is 14.3 Å². The predicted octanol–water partition coefficient (Wildman–Crippen LogP) is 2.51. The van der Waals surface area contributed by atoms with E-state index in [1.54, 1.807) is 27.0 Å². The number of hydrogen-bond donors (Lipinski definition) is 1. The Hall–Kier alpha value is -1.43. The molecule has 0 saturated heterocycles. The maximum absolute atomic E-state index is 11.5. The van der Waals surface area contributed by atoms with E-state index in [1.807, 2.05) is 6.92 Å². The summed E-state index contributed by atoms with van der Waals surface area (Å²) in [5.74, 6) is -0.594. The molecule has 0 aliphatic carbocycles. The van der Waals surface area contributed by atoms with Crippen LogP contribution in [0.2, 0.25) is 0 Å². The zero-order chi connectivity index (χ0) is 13.8. The molecule has 5 nitrogen and oxygen atoms in total. The van der Waals surface area contributed by atoms with Gasteiger partial charge in [-0.1, -0.05) is 0 Å². The van der Waals surface area contributed by atoms with E-state index in [0.29, 0.717) is 5.13 Å². The zero-order valence-corrected chi connectivity index (χ0v) is 11.9. The Morgan fingerprint density at radius 2 is 2.06 bits per heavy atom. The molecule has 0 aliphatic heterocycles. The SMILES string of the molecule is Cc1cnc(NC(=O)CCC(=O)OC(C)(C)C)s1. The summed E-state index contributed by atoms with van der Waals surface area (Å²) in [5.41, 5.74) is -0.514. The minimum atomic E-state index is -0.514. The third kappa shape index (κ3) is 5.77. The minimum Gasteiger partial charge on any atom is -0.460 e. The van der Waals surface area contributed by atoms with Crippen LogP contribution in [0.3, 0.4) is 0 Å². The van der Waals surface area contributed by atoms with Crippen LogP contribution in [0.1, 0.15) is 38.5 Å². The smallest absolute Gasteiger partial charge is 0.306 e. The second-order valence-electron chi connectivity index (χ2n) is 4.91. The topological polar surface area (TPSA) is 68.3 Å². The summed E-state index contributed by atoms with van der Waals surface area (Å²) in [6, 6.07) is 0. The number of amides is 1. The number of aromatic nitrogens is 1. The molecule has 1 N–H and O–H groups in total. The van der Waals surface area contributed by atoms with Crippen LogP contribution in [0, 0.1) is 6.92 Å². The van der Waals surface area contributed by atoms with Crippen molar-refractivity contribution < 1.29 is 14.3 Å². The van der Waals surface area contributed by atoms with Gasteiger partial charge >= 0.3 is 5.97 Å². The first-order valence-electron chi connectivity index (χ1n) is 5.70. The molecule has 18 heavy (non-hydrogen) atoms. The summed E-state index contributed by atoms with van der Waals surface area (Å²) in [7, 11) is 0. The lowest BCUT2D eigenvalue weighted by atomic mass is 10.2. The molecular formula is C12H18N2O3S. The normalized spacial score (nSPS) is 11.1. The van der Waals surface area contributed by atoms with Crippen molar-refractivity contribution in [2.45, 2.75) is 46.1 Å². The molecule has 6 heteroatoms. The second kappa shape index (κ2) is 5.95. The molecule has 0 saturated carbocycles. The number of anilines is 1. The minimum absolute atomic E-state index is 0.0768. The number of ether oxygens (including phenoxy) is 1. The molecule has 1 amide bonds. The van der Waals surface area contributed by atoms with Gasteiger partial charge in [0.2, 0.25) is 5.91 Å². The van der Waals surface area contributed by atoms with Crippen molar-refractivity contribution in [1.29, 1.82) is 0 Å². The predicted molar refractivity (Wildman–Crippen MR) is 70.6 cm³/mol. The van der Waals surface area contributed by atoms with Gasteiger partial charge in [0.25, 0.3) is 0 Å². The summed E-state index contributed by atoms with van der Waals surface area (Å²) in [5, 5.41) is 3.20. The Morgan fingerprint density at radius 3 is 2.56 bits per heavy atom. The molecule has 1 aromatic heterocycles. The van der Waals surface area contributed by atoms with E-state index in [9.17, 15) is 9.59 Å². The Kier molecular flexibility index (Phi) is 4.84. The molecule has 0 unspecified atom stereocenters. The summed E-state index contributed by atoms with van der Waals surface area (Å²) in [6.07, 6.45) is 1.87. The first-order valence-corrected chi connectivity index (χ1v) is 6.52. The number of esters is 1. The van der Waals surface area contributed by atoms with E-state index in [-0.39, 0.29) is 24.7 Å². The number of rotatable bonds is 4. The van der Waals surface area contributed by atoms with Gasteiger partial charge < -0.3 is 10.1 Å². The van der Waals surface area contributed by atoms with Crippen LogP contribution >= 0.6 is 11.3 Å². The van der Waals surface area contributed by atoms with E-state index in [2.05, 4.69) is 10.3 Å². The van der Waals surface area contributed by atoms with Gasteiger partial charge in [-0.15, -0.1) is 11.3 Å². The van der Waals surface area contributed by atoms with Crippen molar-refractivity contribution in [2.24, 2.45) is 0 Å². The first kappa shape index (κ1) is 14.6. The van der Waals surface area contributed by atoms with E-state index in [1.165, 1.54) is 11.3 Å². The second-order valence-corrected chi connectivity index (χ2v) is 6.15. The van der Waals surface area contributed by atoms with E-state index < -0.39 is 5.60 Å². The van der Waals surface area contributed by atoms with Gasteiger partial charge in [0.15, 0.2) is 5.13 Å². The summed E-state index contributed by atoms with van der Waals surface area (Å²) < 4.78 is 5.11. The highest BCUT2D eigenvalue weighted by atomic mass is 32.1. The summed E-state index contributed by atoms with van der Waals surface area (Å²) in [4.78, 5) is 28.0. The molecule has 0 atom stereocenters. The lowest BCUT2D eigenvalue weighted by Gasteiger charge is -2.19. The standard InChI is InChI=1S/C12H18N2O3S/c1-8-7-13-11(18-8)14-9(15)5-6-10(16)17-12(2,3)4/h7H,5-6H2,1-4H3,(H,13,14,15). The maximum Gasteiger partial charge on any atom is 0.306 e. The van der Waals surface area contributed by atoms with Crippen molar-refractivity contribution >= 4 is 28.3 Å². The Morgan fingerprint density at radius 1 is 1.39 bits per heavy atom. The highest BCUT2D eigenvalue weighted by molar-refractivity contribution is 7.15. The third-order valence-electron chi connectivity index (χ3n) is 1.84. The molecule has 0 aromatic carbocycles. The quantitative estimate of drug-likeness (QED) is 0.854. The highest BCUT2D eigenvalue weighted by Crippen LogP contribution is 2.17. The van der Waals surface area contributed by atoms with Gasteiger partial charge in [-0.25, -0.2) is 4.98 Å². The van der Waals surface area contributed by atoms with Crippen molar-refractivity contribution in [2.75, 3.05) is 5.32 Å². The van der Waals surface area contributed by atoms with Crippen molar-refractivity contribution in [3.05, 3.63) is 11.1 Å². The largest absolute Gasteiger partial charge is 0.460 e. The summed E-state index contributed by atoms with van der Waals surface area (Å²) in [6.45, 7) is 7.30. The Labute approximate surface area is 111 Å². The number of nitrogens with one attached hydrogen (secondary N) is 1. The Bertz CT molecular complexity index is 435. The van der Waals surface area contributed by atoms with Crippen LogP contribution in [0.15, 0.2) is 6.20 Å². The zero-order valence-electron chi connectivity index (χ0n) is 11.1. The number of nitrogens with zero attached hydrogens (tertiary/aromatic N) is 1. The average Bonchev–Trinajstić information content (AvgIpc) is 2.58. The van der Waals surface area contributed by atoms with Crippen LogP contribution < -0.4 is 5.32 Å². The van der Waals surface area contributed by atoms with Crippen molar-refractivity contribution in [3.63, 3.8) is 0 Å². The molecule has 1 aromatic rings. The van der Waals surface area contributed by atoms with Crippen LogP contribution in [0.5, 0.6) is 0 Å². The fourth-order valence-electron chi connectivity index (χ4n) is 1.20. The lowest BCUT2D eigenvalue weighted by molar-refractivity contribution is -0.155. The summed E-state index contributed by atoms with van der Waals surface area (Å²) >= 11 is 1.40. The molecule has 0 radical (unpaired) electrons. The van der Waals surface area contributed by atoms with Gasteiger partial charge in [-0.3, -0.25) is 9.59 Å². The molecule has 100 valence electrons. The number of aryl methyl sites for hydroxylation is 1. The van der Waals surface area contributed by atoms with E-state index in [4.69, 9.17) is 4.74 Å². The molecular weight excluding hydrogens is 252 g/mol. The average molecular weight is 270 g/mol. The molecule has 1 heterocycles. The van der Waals surface area contributed by atoms with Crippen molar-refractivity contribution in [1.82, 2.24) is 4.98 Å². The van der Waals surface area contributed by atoms with E-state index >= 15 is 0 Å². The highest BCUT2D eigenvalue weighted by Gasteiger charge is 2.17. The monoisotopic (exact) mass is 270 g/mol. The number of hydrogen-bond acceptors (Lipinski definition) is 5. The van der Waals surface area contributed by atoms with Gasteiger partial charge in [0, 0.05) is 17.5 Å². The Balaban J connectivity index is 2.31. The van der Waals surface area contributed by atoms with Gasteiger partial charge in [-0.05, 0) is 27.7 Å². The van der Waals surface area contributed by atoms with E-state index in [0.717, 1.165) is 4.88 Å². The molecule has 0 spiro atoms. The van der Waals surface area contributed by atoms with Gasteiger partial charge in [-0.2, -0.15) is 0 Å². The molecule has 0 aliphatic rings. The first-order chi connectivity index (χ1) is 8.26. The molecule has 0 bridgehead atoms. The molecule has 1 rings (SSSR count). The fraction of sp³-hybridized carbons (Fsp3) is 0.583. The van der Waals surface area contributed by atoms with Crippen LogP contribution in [-0.4, -0.2) is 22.5 Å². The van der Waals surface area contributed by atoms with Gasteiger partial charge in [0.1, 0.15) is 5.60 Å². The third-order valence-corrected chi connectivity index (χ3v) is 2.67. The lowest BCUT2D eigenvalue weighted by Crippen LogP contribution is -2.24. The molecule has 0 fully saturated rings. The fourth-order valence-corrected chi connectivity index (χ4v) is 1.88.